The van der Waals surface area contributed by atoms with Gasteiger partial charge in [0.1, 0.15) is 5.75 Å². The number of rotatable bonds is 2. The van der Waals surface area contributed by atoms with Crippen molar-refractivity contribution in [3.8, 4) is 5.75 Å². The van der Waals surface area contributed by atoms with Crippen LogP contribution in [-0.4, -0.2) is 25.6 Å². The predicted molar refractivity (Wildman–Crippen MR) is 85.9 cm³/mol. The molecule has 1 aliphatic heterocycles. The molecule has 1 heterocycles. The molecule has 3 rings (SSSR count). The van der Waals surface area contributed by atoms with E-state index >= 15 is 0 Å². The van der Waals surface area contributed by atoms with Crippen molar-refractivity contribution < 1.29 is 19.1 Å². The molecule has 0 N–H and O–H groups in total. The van der Waals surface area contributed by atoms with E-state index in [4.69, 9.17) is 16.3 Å². The summed E-state index contributed by atoms with van der Waals surface area (Å²) < 4.78 is 10.2. The average Bonchev–Trinajstić information content (AvgIpc) is 2.73. The van der Waals surface area contributed by atoms with Crippen LogP contribution in [0.5, 0.6) is 5.75 Å². The molecule has 0 unspecified atom stereocenters. The molecule has 0 bridgehead atoms. The van der Waals surface area contributed by atoms with Gasteiger partial charge in [0.2, 0.25) is 0 Å². The van der Waals surface area contributed by atoms with Gasteiger partial charge in [-0.05, 0) is 42.5 Å². The van der Waals surface area contributed by atoms with Gasteiger partial charge in [-0.3, -0.25) is 4.79 Å². The zero-order valence-corrected chi connectivity index (χ0v) is 13.2. The summed E-state index contributed by atoms with van der Waals surface area (Å²) in [4.78, 5) is 25.4. The molecule has 0 aliphatic carbocycles. The van der Waals surface area contributed by atoms with E-state index in [0.717, 1.165) is 5.56 Å². The Hall–Kier alpha value is -2.53. The average molecular weight is 332 g/mol. The summed E-state index contributed by atoms with van der Waals surface area (Å²) in [6.45, 7) is 0.305. The molecule has 0 aromatic heterocycles. The lowest BCUT2D eigenvalue weighted by atomic mass is 10.1. The van der Waals surface area contributed by atoms with E-state index in [2.05, 4.69) is 4.74 Å². The van der Waals surface area contributed by atoms with Crippen LogP contribution in [0.1, 0.15) is 15.9 Å². The van der Waals surface area contributed by atoms with Gasteiger partial charge in [-0.1, -0.05) is 11.6 Å². The first-order chi connectivity index (χ1) is 11.1. The minimum atomic E-state index is -0.417. The first-order valence-electron chi connectivity index (χ1n) is 6.98. The van der Waals surface area contributed by atoms with Gasteiger partial charge in [0.15, 0.2) is 6.61 Å². The molecule has 118 valence electrons. The third-order valence-electron chi connectivity index (χ3n) is 3.60. The number of carbonyl (C=O) groups excluding carboxylic acids is 2. The number of hydrogen-bond donors (Lipinski definition) is 0. The molecule has 0 saturated carbocycles. The molecule has 0 atom stereocenters. The Morgan fingerprint density at radius 1 is 1.22 bits per heavy atom. The van der Waals surface area contributed by atoms with Gasteiger partial charge in [-0.15, -0.1) is 0 Å². The highest BCUT2D eigenvalue weighted by Crippen LogP contribution is 2.29. The number of esters is 1. The fraction of sp³-hybridized carbons (Fsp3) is 0.176. The van der Waals surface area contributed by atoms with Gasteiger partial charge in [-0.2, -0.15) is 0 Å². The number of anilines is 1. The van der Waals surface area contributed by atoms with Crippen LogP contribution in [0.4, 0.5) is 5.69 Å². The largest absolute Gasteiger partial charge is 0.483 e. The van der Waals surface area contributed by atoms with Gasteiger partial charge >= 0.3 is 5.97 Å². The Morgan fingerprint density at radius 2 is 1.96 bits per heavy atom. The van der Waals surface area contributed by atoms with Crippen LogP contribution in [0.15, 0.2) is 42.5 Å². The lowest BCUT2D eigenvalue weighted by Crippen LogP contribution is -2.32. The van der Waals surface area contributed by atoms with E-state index in [1.807, 2.05) is 0 Å². The smallest absolute Gasteiger partial charge is 0.337 e. The molecule has 0 radical (unpaired) electrons. The summed E-state index contributed by atoms with van der Waals surface area (Å²) in [5, 5.41) is 0.586. The van der Waals surface area contributed by atoms with Gasteiger partial charge in [0, 0.05) is 16.3 Å². The molecule has 0 fully saturated rings. The first-order valence-corrected chi connectivity index (χ1v) is 7.36. The van der Waals surface area contributed by atoms with E-state index in [1.54, 1.807) is 47.4 Å². The summed E-state index contributed by atoms with van der Waals surface area (Å²) in [7, 11) is 1.33. The predicted octanol–water partition coefficient (Wildman–Crippen LogP) is 3.05. The van der Waals surface area contributed by atoms with Crippen molar-refractivity contribution in [1.29, 1.82) is 0 Å². The van der Waals surface area contributed by atoms with E-state index in [1.165, 1.54) is 7.11 Å². The van der Waals surface area contributed by atoms with Gasteiger partial charge in [-0.25, -0.2) is 4.79 Å². The van der Waals surface area contributed by atoms with E-state index in [-0.39, 0.29) is 12.5 Å². The second-order valence-electron chi connectivity index (χ2n) is 5.06. The zero-order chi connectivity index (χ0) is 16.4. The van der Waals surface area contributed by atoms with Crippen molar-refractivity contribution in [2.24, 2.45) is 0 Å². The number of fused-ring (bicyclic) bond motifs is 1. The third-order valence-corrected chi connectivity index (χ3v) is 3.84. The molecule has 23 heavy (non-hydrogen) atoms. The van der Waals surface area contributed by atoms with Crippen molar-refractivity contribution in [3.05, 3.63) is 58.6 Å². The lowest BCUT2D eigenvalue weighted by Gasteiger charge is -2.20. The van der Waals surface area contributed by atoms with Crippen LogP contribution < -0.4 is 9.64 Å². The van der Waals surface area contributed by atoms with Crippen molar-refractivity contribution in [3.63, 3.8) is 0 Å². The minimum Gasteiger partial charge on any atom is -0.483 e. The quantitative estimate of drug-likeness (QED) is 0.794. The number of hydrogen-bond acceptors (Lipinski definition) is 4. The number of nitrogens with zero attached hydrogens (tertiary/aromatic N) is 1. The molecule has 2 aromatic rings. The standard InChI is InChI=1S/C17H14ClNO4/c1-22-17(21)11-2-5-14(6-3-11)19-9-12-8-13(18)4-7-15(12)23-10-16(19)20/h2-8H,9-10H2,1H3. The van der Waals surface area contributed by atoms with Gasteiger partial charge in [0.05, 0.1) is 19.2 Å². The Bertz CT molecular complexity index is 758. The highest BCUT2D eigenvalue weighted by atomic mass is 35.5. The molecule has 0 spiro atoms. The number of benzene rings is 2. The Balaban J connectivity index is 1.91. The SMILES string of the molecule is COC(=O)c1ccc(N2Cc3cc(Cl)ccc3OCC2=O)cc1. The Kier molecular flexibility index (Phi) is 4.21. The maximum absolute atomic E-state index is 12.3. The van der Waals surface area contributed by atoms with Crippen LogP contribution >= 0.6 is 11.6 Å². The second kappa shape index (κ2) is 6.30. The topological polar surface area (TPSA) is 55.8 Å². The summed E-state index contributed by atoms with van der Waals surface area (Å²) in [5.74, 6) is 0.0683. The fourth-order valence-corrected chi connectivity index (χ4v) is 2.61. The van der Waals surface area contributed by atoms with Gasteiger partial charge in [0.25, 0.3) is 5.91 Å². The number of halogens is 1. The Morgan fingerprint density at radius 3 is 2.65 bits per heavy atom. The van der Waals surface area contributed by atoms with Crippen molar-refractivity contribution in [2.45, 2.75) is 6.54 Å². The highest BCUT2D eigenvalue weighted by molar-refractivity contribution is 6.30. The number of amides is 1. The molecule has 1 aliphatic rings. The van der Waals surface area contributed by atoms with Crippen LogP contribution in [0.2, 0.25) is 5.02 Å². The molecule has 2 aromatic carbocycles. The van der Waals surface area contributed by atoms with Crippen LogP contribution in [0.3, 0.4) is 0 Å². The Labute approximate surface area is 138 Å². The first kappa shape index (κ1) is 15.4. The molecule has 1 amide bonds. The van der Waals surface area contributed by atoms with E-state index in [9.17, 15) is 9.59 Å². The van der Waals surface area contributed by atoms with Crippen LogP contribution in [0.25, 0.3) is 0 Å². The zero-order valence-electron chi connectivity index (χ0n) is 12.4. The van der Waals surface area contributed by atoms with E-state index < -0.39 is 5.97 Å². The van der Waals surface area contributed by atoms with Crippen molar-refractivity contribution in [2.75, 3.05) is 18.6 Å². The fourth-order valence-electron chi connectivity index (χ4n) is 2.42. The number of ether oxygens (including phenoxy) is 2. The lowest BCUT2D eigenvalue weighted by molar-refractivity contribution is -0.120. The molecular formula is C17H14ClNO4. The third kappa shape index (κ3) is 3.14. The minimum absolute atomic E-state index is 0.0482. The number of carbonyl (C=O) groups is 2. The van der Waals surface area contributed by atoms with Gasteiger partial charge < -0.3 is 14.4 Å². The molecular weight excluding hydrogens is 318 g/mol. The summed E-state index contributed by atoms with van der Waals surface area (Å²) in [5.41, 5.74) is 1.94. The van der Waals surface area contributed by atoms with Crippen molar-refractivity contribution >= 4 is 29.2 Å². The summed E-state index contributed by atoms with van der Waals surface area (Å²) in [6.07, 6.45) is 0. The van der Waals surface area contributed by atoms with E-state index in [0.29, 0.717) is 28.6 Å². The molecule has 5 nitrogen and oxygen atoms in total. The van der Waals surface area contributed by atoms with Crippen LogP contribution in [-0.2, 0) is 16.1 Å². The molecule has 6 heteroatoms. The number of methoxy groups -OCH3 is 1. The maximum atomic E-state index is 12.3. The van der Waals surface area contributed by atoms with Crippen molar-refractivity contribution in [1.82, 2.24) is 0 Å². The maximum Gasteiger partial charge on any atom is 0.337 e. The molecule has 0 saturated heterocycles. The highest BCUT2D eigenvalue weighted by Gasteiger charge is 2.23. The second-order valence-corrected chi connectivity index (χ2v) is 5.50. The monoisotopic (exact) mass is 331 g/mol. The summed E-state index contributed by atoms with van der Waals surface area (Å²) in [6, 6.07) is 11.9. The normalized spacial score (nSPS) is 13.8. The van der Waals surface area contributed by atoms with Crippen LogP contribution in [0, 0.1) is 0 Å². The summed E-state index contributed by atoms with van der Waals surface area (Å²) >= 11 is 6.02.